The first-order chi connectivity index (χ1) is 9.58. The van der Waals surface area contributed by atoms with Crippen molar-refractivity contribution in [3.8, 4) is 5.75 Å². The van der Waals surface area contributed by atoms with Gasteiger partial charge in [-0.1, -0.05) is 13.8 Å². The van der Waals surface area contributed by atoms with Gasteiger partial charge in [0.25, 0.3) is 5.91 Å². The smallest absolute Gasteiger partial charge is 0.266 e. The SMILES string of the molecule is CC(C)CCNC(=O)CN1C(=O)COc2cccnc21. The van der Waals surface area contributed by atoms with Crippen LogP contribution in [0, 0.1) is 5.92 Å². The number of nitrogens with zero attached hydrogens (tertiary/aromatic N) is 2. The van der Waals surface area contributed by atoms with E-state index in [1.54, 1.807) is 18.3 Å². The van der Waals surface area contributed by atoms with Crippen molar-refractivity contribution in [1.82, 2.24) is 10.3 Å². The van der Waals surface area contributed by atoms with Crippen molar-refractivity contribution in [3.63, 3.8) is 0 Å². The summed E-state index contributed by atoms with van der Waals surface area (Å²) in [5.74, 6) is 1.03. The summed E-state index contributed by atoms with van der Waals surface area (Å²) in [5, 5.41) is 2.81. The van der Waals surface area contributed by atoms with Crippen molar-refractivity contribution in [2.24, 2.45) is 5.92 Å². The molecular weight excluding hydrogens is 258 g/mol. The summed E-state index contributed by atoms with van der Waals surface area (Å²) in [6.07, 6.45) is 2.49. The van der Waals surface area contributed by atoms with E-state index in [1.165, 1.54) is 4.90 Å². The molecule has 0 saturated carbocycles. The first-order valence-corrected chi connectivity index (χ1v) is 6.73. The number of nitrogens with one attached hydrogen (secondary N) is 1. The third kappa shape index (κ3) is 3.46. The third-order valence-electron chi connectivity index (χ3n) is 3.00. The molecular formula is C14H19N3O3. The van der Waals surface area contributed by atoms with E-state index in [4.69, 9.17) is 4.74 Å². The molecule has 2 amide bonds. The van der Waals surface area contributed by atoms with Gasteiger partial charge in [0.05, 0.1) is 0 Å². The van der Waals surface area contributed by atoms with Crippen molar-refractivity contribution in [3.05, 3.63) is 18.3 Å². The molecule has 0 atom stereocenters. The van der Waals surface area contributed by atoms with Crippen LogP contribution in [0.25, 0.3) is 0 Å². The van der Waals surface area contributed by atoms with E-state index in [-0.39, 0.29) is 25.0 Å². The summed E-state index contributed by atoms with van der Waals surface area (Å²) >= 11 is 0. The second-order valence-electron chi connectivity index (χ2n) is 5.13. The summed E-state index contributed by atoms with van der Waals surface area (Å²) in [5.41, 5.74) is 0. The highest BCUT2D eigenvalue weighted by Crippen LogP contribution is 2.28. The van der Waals surface area contributed by atoms with E-state index in [1.807, 2.05) is 0 Å². The quantitative estimate of drug-likeness (QED) is 0.870. The van der Waals surface area contributed by atoms with Gasteiger partial charge in [0.2, 0.25) is 5.91 Å². The molecule has 0 spiro atoms. The van der Waals surface area contributed by atoms with Gasteiger partial charge < -0.3 is 10.1 Å². The van der Waals surface area contributed by atoms with Gasteiger partial charge >= 0.3 is 0 Å². The maximum atomic E-state index is 11.9. The molecule has 1 aliphatic heterocycles. The molecule has 0 fully saturated rings. The van der Waals surface area contributed by atoms with Gasteiger partial charge in [-0.2, -0.15) is 0 Å². The van der Waals surface area contributed by atoms with Gasteiger partial charge in [-0.3, -0.25) is 14.5 Å². The van der Waals surface area contributed by atoms with E-state index in [0.29, 0.717) is 24.0 Å². The fourth-order valence-electron chi connectivity index (χ4n) is 1.90. The number of hydrogen-bond donors (Lipinski definition) is 1. The van der Waals surface area contributed by atoms with Gasteiger partial charge in [-0.15, -0.1) is 0 Å². The molecule has 108 valence electrons. The highest BCUT2D eigenvalue weighted by atomic mass is 16.5. The van der Waals surface area contributed by atoms with Gasteiger partial charge in [0.15, 0.2) is 18.2 Å². The Balaban J connectivity index is 1.98. The number of carbonyl (C=O) groups excluding carboxylic acids is 2. The highest BCUT2D eigenvalue weighted by molar-refractivity contribution is 6.01. The van der Waals surface area contributed by atoms with Crippen LogP contribution in [-0.2, 0) is 9.59 Å². The Labute approximate surface area is 118 Å². The largest absolute Gasteiger partial charge is 0.480 e. The topological polar surface area (TPSA) is 71.5 Å². The summed E-state index contributed by atoms with van der Waals surface area (Å²) in [4.78, 5) is 29.2. The Hall–Kier alpha value is -2.11. The lowest BCUT2D eigenvalue weighted by molar-refractivity contribution is -0.125. The first-order valence-electron chi connectivity index (χ1n) is 6.73. The molecule has 0 aliphatic carbocycles. The molecule has 2 rings (SSSR count). The van der Waals surface area contributed by atoms with E-state index in [9.17, 15) is 9.59 Å². The summed E-state index contributed by atoms with van der Waals surface area (Å²) in [6.45, 7) is 4.72. The Morgan fingerprint density at radius 2 is 2.35 bits per heavy atom. The Bertz CT molecular complexity index is 502. The number of carbonyl (C=O) groups is 2. The zero-order chi connectivity index (χ0) is 14.5. The lowest BCUT2D eigenvalue weighted by Crippen LogP contribution is -2.45. The van der Waals surface area contributed by atoms with Gasteiger partial charge in [-0.05, 0) is 24.5 Å². The van der Waals surface area contributed by atoms with Crippen molar-refractivity contribution >= 4 is 17.6 Å². The third-order valence-corrected chi connectivity index (χ3v) is 3.00. The monoisotopic (exact) mass is 277 g/mol. The number of hydrogen-bond acceptors (Lipinski definition) is 4. The lowest BCUT2D eigenvalue weighted by atomic mass is 10.1. The molecule has 1 N–H and O–H groups in total. The molecule has 0 unspecified atom stereocenters. The number of amides is 2. The van der Waals surface area contributed by atoms with Crippen molar-refractivity contribution in [1.29, 1.82) is 0 Å². The van der Waals surface area contributed by atoms with Crippen LogP contribution in [0.5, 0.6) is 5.75 Å². The van der Waals surface area contributed by atoms with Crippen molar-refractivity contribution < 1.29 is 14.3 Å². The molecule has 2 heterocycles. The zero-order valence-electron chi connectivity index (χ0n) is 11.8. The number of rotatable bonds is 5. The van der Waals surface area contributed by atoms with E-state index < -0.39 is 0 Å². The van der Waals surface area contributed by atoms with Crippen LogP contribution in [0.4, 0.5) is 5.82 Å². The molecule has 0 aromatic carbocycles. The number of pyridine rings is 1. The molecule has 0 saturated heterocycles. The van der Waals surface area contributed by atoms with E-state index in [2.05, 4.69) is 24.1 Å². The highest BCUT2D eigenvalue weighted by Gasteiger charge is 2.28. The maximum Gasteiger partial charge on any atom is 0.266 e. The van der Waals surface area contributed by atoms with Crippen LogP contribution in [0.2, 0.25) is 0 Å². The number of ether oxygens (including phenoxy) is 1. The zero-order valence-corrected chi connectivity index (χ0v) is 11.8. The molecule has 1 aromatic heterocycles. The fraction of sp³-hybridized carbons (Fsp3) is 0.500. The minimum Gasteiger partial charge on any atom is -0.480 e. The Morgan fingerprint density at radius 3 is 3.10 bits per heavy atom. The van der Waals surface area contributed by atoms with Gasteiger partial charge in [-0.25, -0.2) is 4.98 Å². The van der Waals surface area contributed by atoms with Gasteiger partial charge in [0.1, 0.15) is 6.54 Å². The number of aromatic nitrogens is 1. The minimum absolute atomic E-state index is 0.0235. The molecule has 0 bridgehead atoms. The Morgan fingerprint density at radius 1 is 1.55 bits per heavy atom. The van der Waals surface area contributed by atoms with Crippen molar-refractivity contribution in [2.45, 2.75) is 20.3 Å². The van der Waals surface area contributed by atoms with E-state index >= 15 is 0 Å². The van der Waals surface area contributed by atoms with Crippen LogP contribution in [0.1, 0.15) is 20.3 Å². The van der Waals surface area contributed by atoms with Crippen LogP contribution < -0.4 is 15.0 Å². The van der Waals surface area contributed by atoms with Crippen LogP contribution >= 0.6 is 0 Å². The van der Waals surface area contributed by atoms with E-state index in [0.717, 1.165) is 6.42 Å². The molecule has 20 heavy (non-hydrogen) atoms. The van der Waals surface area contributed by atoms with Crippen LogP contribution in [0.3, 0.4) is 0 Å². The second-order valence-corrected chi connectivity index (χ2v) is 5.13. The summed E-state index contributed by atoms with van der Waals surface area (Å²) in [6, 6.07) is 3.47. The normalized spacial score (nSPS) is 13.9. The second kappa shape index (κ2) is 6.36. The minimum atomic E-state index is -0.254. The average molecular weight is 277 g/mol. The Kier molecular flexibility index (Phi) is 4.55. The lowest BCUT2D eigenvalue weighted by Gasteiger charge is -2.27. The first kappa shape index (κ1) is 14.3. The average Bonchev–Trinajstić information content (AvgIpc) is 2.41. The molecule has 6 heteroatoms. The molecule has 6 nitrogen and oxygen atoms in total. The fourth-order valence-corrected chi connectivity index (χ4v) is 1.90. The molecule has 1 aliphatic rings. The predicted octanol–water partition coefficient (Wildman–Crippen LogP) is 0.969. The molecule has 0 radical (unpaired) electrons. The maximum absolute atomic E-state index is 11.9. The number of anilines is 1. The van der Waals surface area contributed by atoms with Crippen molar-refractivity contribution in [2.75, 3.05) is 24.6 Å². The standard InChI is InChI=1S/C14H19N3O3/c1-10(2)5-7-15-12(18)8-17-13(19)9-20-11-4-3-6-16-14(11)17/h3-4,6,10H,5,7-9H2,1-2H3,(H,15,18). The van der Waals surface area contributed by atoms with Crippen LogP contribution in [-0.4, -0.2) is 36.5 Å². The number of fused-ring (bicyclic) bond motifs is 1. The molecule has 1 aromatic rings. The summed E-state index contributed by atoms with van der Waals surface area (Å²) in [7, 11) is 0. The summed E-state index contributed by atoms with van der Waals surface area (Å²) < 4.78 is 5.27. The van der Waals surface area contributed by atoms with Gasteiger partial charge in [0, 0.05) is 12.7 Å². The predicted molar refractivity (Wildman–Crippen MR) is 74.5 cm³/mol. The van der Waals surface area contributed by atoms with Crippen LogP contribution in [0.15, 0.2) is 18.3 Å².